The predicted octanol–water partition coefficient (Wildman–Crippen LogP) is 3.18. The molecule has 0 saturated heterocycles. The second kappa shape index (κ2) is 6.54. The second-order valence-electron chi connectivity index (χ2n) is 5.22. The SMILES string of the molecule is COc1cc(-c2noc(CN)n2)c(Cl)cc1OC1CCCC1. The van der Waals surface area contributed by atoms with Gasteiger partial charge in [0.2, 0.25) is 11.7 Å². The molecule has 0 atom stereocenters. The Bertz CT molecular complexity index is 653. The molecule has 3 rings (SSSR count). The zero-order valence-electron chi connectivity index (χ0n) is 12.3. The summed E-state index contributed by atoms with van der Waals surface area (Å²) in [6.45, 7) is 0.185. The van der Waals surface area contributed by atoms with Gasteiger partial charge in [-0.15, -0.1) is 0 Å². The molecule has 0 aliphatic heterocycles. The minimum Gasteiger partial charge on any atom is -0.493 e. The summed E-state index contributed by atoms with van der Waals surface area (Å²) in [4.78, 5) is 4.18. The smallest absolute Gasteiger partial charge is 0.240 e. The molecule has 7 heteroatoms. The number of aromatic nitrogens is 2. The van der Waals surface area contributed by atoms with Crippen molar-refractivity contribution in [1.82, 2.24) is 10.1 Å². The first kappa shape index (κ1) is 15.1. The van der Waals surface area contributed by atoms with E-state index in [9.17, 15) is 0 Å². The Labute approximate surface area is 133 Å². The minimum absolute atomic E-state index is 0.185. The fourth-order valence-electron chi connectivity index (χ4n) is 2.59. The van der Waals surface area contributed by atoms with Crippen molar-refractivity contribution in [2.75, 3.05) is 7.11 Å². The fourth-order valence-corrected chi connectivity index (χ4v) is 2.83. The Morgan fingerprint density at radius 3 is 2.73 bits per heavy atom. The van der Waals surface area contributed by atoms with Gasteiger partial charge in [0, 0.05) is 11.6 Å². The van der Waals surface area contributed by atoms with Gasteiger partial charge in [-0.1, -0.05) is 16.8 Å². The Kier molecular flexibility index (Phi) is 4.49. The Morgan fingerprint density at radius 2 is 2.09 bits per heavy atom. The van der Waals surface area contributed by atoms with Crippen LogP contribution in [0.4, 0.5) is 0 Å². The number of rotatable bonds is 5. The van der Waals surface area contributed by atoms with Crippen molar-refractivity contribution in [3.63, 3.8) is 0 Å². The lowest BCUT2D eigenvalue weighted by Crippen LogP contribution is -2.11. The van der Waals surface area contributed by atoms with Gasteiger partial charge in [-0.25, -0.2) is 0 Å². The van der Waals surface area contributed by atoms with Gasteiger partial charge in [-0.3, -0.25) is 0 Å². The van der Waals surface area contributed by atoms with Crippen molar-refractivity contribution in [3.8, 4) is 22.9 Å². The molecule has 1 heterocycles. The van der Waals surface area contributed by atoms with Gasteiger partial charge in [0.05, 0.1) is 24.8 Å². The predicted molar refractivity (Wildman–Crippen MR) is 82.1 cm³/mol. The highest BCUT2D eigenvalue weighted by atomic mass is 35.5. The molecule has 1 aromatic carbocycles. The molecule has 1 saturated carbocycles. The van der Waals surface area contributed by atoms with Crippen molar-refractivity contribution in [1.29, 1.82) is 0 Å². The van der Waals surface area contributed by atoms with Gasteiger partial charge >= 0.3 is 0 Å². The zero-order valence-corrected chi connectivity index (χ0v) is 13.1. The van der Waals surface area contributed by atoms with E-state index < -0.39 is 0 Å². The molecule has 0 unspecified atom stereocenters. The second-order valence-corrected chi connectivity index (χ2v) is 5.63. The summed E-state index contributed by atoms with van der Waals surface area (Å²) in [6, 6.07) is 3.50. The summed E-state index contributed by atoms with van der Waals surface area (Å²) in [5, 5.41) is 4.36. The summed E-state index contributed by atoms with van der Waals surface area (Å²) in [5.74, 6) is 1.99. The molecular formula is C15H18ClN3O3. The third-order valence-corrected chi connectivity index (χ3v) is 4.05. The highest BCUT2D eigenvalue weighted by molar-refractivity contribution is 6.33. The van der Waals surface area contributed by atoms with Crippen LogP contribution in [0.2, 0.25) is 5.02 Å². The number of hydrogen-bond donors (Lipinski definition) is 1. The highest BCUT2D eigenvalue weighted by Gasteiger charge is 2.21. The third kappa shape index (κ3) is 3.03. The molecule has 6 nitrogen and oxygen atoms in total. The molecule has 1 fully saturated rings. The van der Waals surface area contributed by atoms with Gasteiger partial charge in [0.1, 0.15) is 0 Å². The molecule has 118 valence electrons. The number of methoxy groups -OCH3 is 1. The summed E-state index contributed by atoms with van der Waals surface area (Å²) >= 11 is 6.34. The molecule has 0 spiro atoms. The van der Waals surface area contributed by atoms with E-state index in [-0.39, 0.29) is 12.6 Å². The van der Waals surface area contributed by atoms with Crippen LogP contribution in [0.3, 0.4) is 0 Å². The summed E-state index contributed by atoms with van der Waals surface area (Å²) in [5.41, 5.74) is 6.10. The molecule has 2 aromatic rings. The van der Waals surface area contributed by atoms with Crippen LogP contribution in [0, 0.1) is 0 Å². The fraction of sp³-hybridized carbons (Fsp3) is 0.467. The lowest BCUT2D eigenvalue weighted by Gasteiger charge is -2.17. The van der Waals surface area contributed by atoms with Crippen molar-refractivity contribution < 1.29 is 14.0 Å². The standard InChI is InChI=1S/C15H18ClN3O3/c1-20-12-6-10(15-18-14(8-17)22-19-15)11(16)7-13(12)21-9-4-2-3-5-9/h6-7,9H,2-5,8,17H2,1H3. The quantitative estimate of drug-likeness (QED) is 0.909. The maximum atomic E-state index is 6.34. The molecular weight excluding hydrogens is 306 g/mol. The summed E-state index contributed by atoms with van der Waals surface area (Å²) in [7, 11) is 1.59. The molecule has 0 bridgehead atoms. The van der Waals surface area contributed by atoms with Gasteiger partial charge in [0.25, 0.3) is 0 Å². The first-order chi connectivity index (χ1) is 10.7. The van der Waals surface area contributed by atoms with Gasteiger partial charge in [-0.05, 0) is 31.7 Å². The Morgan fingerprint density at radius 1 is 1.32 bits per heavy atom. The van der Waals surface area contributed by atoms with E-state index in [2.05, 4.69) is 10.1 Å². The number of halogens is 1. The maximum Gasteiger partial charge on any atom is 0.240 e. The normalized spacial score (nSPS) is 15.2. The van der Waals surface area contributed by atoms with Crippen molar-refractivity contribution in [2.45, 2.75) is 38.3 Å². The van der Waals surface area contributed by atoms with E-state index in [1.54, 1.807) is 19.2 Å². The van der Waals surface area contributed by atoms with Crippen LogP contribution >= 0.6 is 11.6 Å². The van der Waals surface area contributed by atoms with Gasteiger partial charge in [0.15, 0.2) is 11.5 Å². The highest BCUT2D eigenvalue weighted by Crippen LogP contribution is 2.39. The van der Waals surface area contributed by atoms with Crippen molar-refractivity contribution in [2.24, 2.45) is 5.73 Å². The molecule has 1 aliphatic carbocycles. The average Bonchev–Trinajstić information content (AvgIpc) is 3.18. The van der Waals surface area contributed by atoms with Crippen LogP contribution in [0.25, 0.3) is 11.4 Å². The van der Waals surface area contributed by atoms with E-state index in [1.165, 1.54) is 12.8 Å². The van der Waals surface area contributed by atoms with Crippen LogP contribution in [-0.2, 0) is 6.54 Å². The van der Waals surface area contributed by atoms with Crippen LogP contribution < -0.4 is 15.2 Å². The number of hydrogen-bond acceptors (Lipinski definition) is 6. The molecule has 22 heavy (non-hydrogen) atoms. The molecule has 1 aromatic heterocycles. The topological polar surface area (TPSA) is 83.4 Å². The van der Waals surface area contributed by atoms with E-state index in [0.717, 1.165) is 12.8 Å². The first-order valence-electron chi connectivity index (χ1n) is 7.28. The van der Waals surface area contributed by atoms with Crippen LogP contribution in [0.1, 0.15) is 31.6 Å². The van der Waals surface area contributed by atoms with Crippen molar-refractivity contribution >= 4 is 11.6 Å². The van der Waals surface area contributed by atoms with E-state index in [4.69, 9.17) is 31.3 Å². The van der Waals surface area contributed by atoms with E-state index >= 15 is 0 Å². The lowest BCUT2D eigenvalue weighted by atomic mass is 10.2. The summed E-state index contributed by atoms with van der Waals surface area (Å²) < 4.78 is 16.4. The van der Waals surface area contributed by atoms with Crippen LogP contribution in [-0.4, -0.2) is 23.4 Å². The van der Waals surface area contributed by atoms with Gasteiger partial charge < -0.3 is 19.7 Å². The summed E-state index contributed by atoms with van der Waals surface area (Å²) in [6.07, 6.45) is 4.75. The maximum absolute atomic E-state index is 6.34. The molecule has 0 radical (unpaired) electrons. The van der Waals surface area contributed by atoms with E-state index in [0.29, 0.717) is 33.8 Å². The lowest BCUT2D eigenvalue weighted by molar-refractivity contribution is 0.201. The average molecular weight is 324 g/mol. The molecule has 1 aliphatic rings. The monoisotopic (exact) mass is 323 g/mol. The van der Waals surface area contributed by atoms with Crippen LogP contribution in [0.5, 0.6) is 11.5 Å². The first-order valence-corrected chi connectivity index (χ1v) is 7.66. The Balaban J connectivity index is 1.92. The number of benzene rings is 1. The number of nitrogens with two attached hydrogens (primary N) is 1. The third-order valence-electron chi connectivity index (χ3n) is 3.73. The van der Waals surface area contributed by atoms with Crippen LogP contribution in [0.15, 0.2) is 16.7 Å². The van der Waals surface area contributed by atoms with E-state index in [1.807, 2.05) is 0 Å². The largest absolute Gasteiger partial charge is 0.493 e. The Hall–Kier alpha value is -1.79. The van der Waals surface area contributed by atoms with Crippen molar-refractivity contribution in [3.05, 3.63) is 23.0 Å². The minimum atomic E-state index is 0.185. The molecule has 0 amide bonds. The molecule has 2 N–H and O–H groups in total. The number of ether oxygens (including phenoxy) is 2. The zero-order chi connectivity index (χ0) is 15.5. The van der Waals surface area contributed by atoms with Gasteiger partial charge in [-0.2, -0.15) is 4.98 Å². The number of nitrogens with zero attached hydrogens (tertiary/aromatic N) is 2.